The number of nitriles is 1. The normalized spacial score (nSPS) is 14.9. The number of carboxylic acids is 1. The molecule has 1 aliphatic rings. The first kappa shape index (κ1) is 13.9. The van der Waals surface area contributed by atoms with E-state index in [2.05, 4.69) is 10.6 Å². The van der Waals surface area contributed by atoms with E-state index in [0.29, 0.717) is 12.1 Å². The third-order valence-corrected chi connectivity index (χ3v) is 3.14. The van der Waals surface area contributed by atoms with Crippen LogP contribution in [-0.4, -0.2) is 23.1 Å². The molecule has 0 heterocycles. The summed E-state index contributed by atoms with van der Waals surface area (Å²) < 4.78 is 0. The van der Waals surface area contributed by atoms with Crippen LogP contribution in [0.25, 0.3) is 0 Å². The van der Waals surface area contributed by atoms with E-state index in [1.165, 1.54) is 0 Å². The molecular formula is C14H15N3O3. The predicted molar refractivity (Wildman–Crippen MR) is 72.1 cm³/mol. The van der Waals surface area contributed by atoms with Crippen molar-refractivity contribution in [3.8, 4) is 6.07 Å². The molecule has 0 saturated heterocycles. The molecule has 2 rings (SSSR count). The lowest BCUT2D eigenvalue weighted by atomic mass is 10.1. The highest BCUT2D eigenvalue weighted by Crippen LogP contribution is 2.32. The molecule has 1 aromatic carbocycles. The first-order chi connectivity index (χ1) is 9.60. The number of rotatable bonds is 5. The summed E-state index contributed by atoms with van der Waals surface area (Å²) in [6, 6.07) is 7.53. The zero-order chi connectivity index (χ0) is 14.5. The van der Waals surface area contributed by atoms with E-state index in [1.807, 2.05) is 6.07 Å². The van der Waals surface area contributed by atoms with Gasteiger partial charge in [-0.1, -0.05) is 12.1 Å². The molecule has 0 aromatic heterocycles. The second kappa shape index (κ2) is 6.06. The standard InChI is InChI=1S/C14H15N3O3/c15-8-7-9-1-5-11(6-2-9)16-14(20)17-12(13(18)19)10-3-4-10/h1-2,5-6,10,12H,3-4,7H2,(H,18,19)(H2,16,17,20). The zero-order valence-electron chi connectivity index (χ0n) is 10.8. The lowest BCUT2D eigenvalue weighted by Crippen LogP contribution is -2.44. The molecule has 1 fully saturated rings. The first-order valence-corrected chi connectivity index (χ1v) is 6.36. The van der Waals surface area contributed by atoms with Crippen LogP contribution in [0.3, 0.4) is 0 Å². The highest BCUT2D eigenvalue weighted by molar-refractivity contribution is 5.92. The minimum absolute atomic E-state index is 0.0382. The summed E-state index contributed by atoms with van der Waals surface area (Å²) in [6.07, 6.45) is 1.98. The number of carboxylic acid groups (broad SMARTS) is 1. The average Bonchev–Trinajstić information content (AvgIpc) is 3.22. The molecule has 0 radical (unpaired) electrons. The minimum atomic E-state index is -1.01. The second-order valence-corrected chi connectivity index (χ2v) is 4.78. The van der Waals surface area contributed by atoms with Crippen molar-refractivity contribution in [1.29, 1.82) is 5.26 Å². The molecular weight excluding hydrogens is 258 g/mol. The lowest BCUT2D eigenvalue weighted by molar-refractivity contribution is -0.139. The van der Waals surface area contributed by atoms with Gasteiger partial charge < -0.3 is 15.7 Å². The molecule has 3 N–H and O–H groups in total. The molecule has 6 heteroatoms. The molecule has 1 unspecified atom stereocenters. The van der Waals surface area contributed by atoms with E-state index < -0.39 is 18.0 Å². The number of nitrogens with one attached hydrogen (secondary N) is 2. The smallest absolute Gasteiger partial charge is 0.326 e. The van der Waals surface area contributed by atoms with E-state index in [1.54, 1.807) is 24.3 Å². The number of hydrogen-bond donors (Lipinski definition) is 3. The van der Waals surface area contributed by atoms with E-state index in [4.69, 9.17) is 10.4 Å². The number of carbonyl (C=O) groups is 2. The predicted octanol–water partition coefficient (Wildman–Crippen LogP) is 1.74. The van der Waals surface area contributed by atoms with Gasteiger partial charge in [0, 0.05) is 5.69 Å². The summed E-state index contributed by atoms with van der Waals surface area (Å²) in [6.45, 7) is 0. The van der Waals surface area contributed by atoms with Crippen molar-refractivity contribution in [3.63, 3.8) is 0 Å². The van der Waals surface area contributed by atoms with Gasteiger partial charge >= 0.3 is 12.0 Å². The van der Waals surface area contributed by atoms with Gasteiger partial charge in [0.15, 0.2) is 0 Å². The number of amides is 2. The number of anilines is 1. The number of carbonyl (C=O) groups excluding carboxylic acids is 1. The molecule has 0 bridgehead atoms. The maximum Gasteiger partial charge on any atom is 0.326 e. The fourth-order valence-corrected chi connectivity index (χ4v) is 1.92. The Morgan fingerprint density at radius 3 is 2.50 bits per heavy atom. The Labute approximate surface area is 116 Å². The Morgan fingerprint density at radius 1 is 1.35 bits per heavy atom. The first-order valence-electron chi connectivity index (χ1n) is 6.36. The fourth-order valence-electron chi connectivity index (χ4n) is 1.92. The molecule has 1 saturated carbocycles. The van der Waals surface area contributed by atoms with E-state index in [-0.39, 0.29) is 5.92 Å². The van der Waals surface area contributed by atoms with Gasteiger partial charge in [-0.25, -0.2) is 9.59 Å². The van der Waals surface area contributed by atoms with Crippen LogP contribution in [0, 0.1) is 17.2 Å². The van der Waals surface area contributed by atoms with Crippen molar-refractivity contribution in [2.45, 2.75) is 25.3 Å². The maximum absolute atomic E-state index is 11.7. The summed E-state index contributed by atoms with van der Waals surface area (Å²) in [7, 11) is 0. The number of benzene rings is 1. The van der Waals surface area contributed by atoms with Crippen LogP contribution in [0.5, 0.6) is 0 Å². The Bertz CT molecular complexity index is 544. The van der Waals surface area contributed by atoms with Crippen LogP contribution in [0.2, 0.25) is 0 Å². The largest absolute Gasteiger partial charge is 0.480 e. The number of hydrogen-bond acceptors (Lipinski definition) is 3. The van der Waals surface area contributed by atoms with E-state index >= 15 is 0 Å². The van der Waals surface area contributed by atoms with Crippen LogP contribution >= 0.6 is 0 Å². The molecule has 2 amide bonds. The molecule has 20 heavy (non-hydrogen) atoms. The Kier molecular flexibility index (Phi) is 4.20. The van der Waals surface area contributed by atoms with Crippen molar-refractivity contribution in [3.05, 3.63) is 29.8 Å². The highest BCUT2D eigenvalue weighted by atomic mass is 16.4. The van der Waals surface area contributed by atoms with Crippen LogP contribution < -0.4 is 10.6 Å². The molecule has 0 spiro atoms. The summed E-state index contributed by atoms with van der Waals surface area (Å²) >= 11 is 0. The number of aliphatic carboxylic acids is 1. The van der Waals surface area contributed by atoms with Gasteiger partial charge in [0.2, 0.25) is 0 Å². The average molecular weight is 273 g/mol. The van der Waals surface area contributed by atoms with Gasteiger partial charge in [-0.2, -0.15) is 5.26 Å². The van der Waals surface area contributed by atoms with Crippen molar-refractivity contribution in [1.82, 2.24) is 5.32 Å². The Morgan fingerprint density at radius 2 is 2.00 bits per heavy atom. The number of nitrogens with zero attached hydrogens (tertiary/aromatic N) is 1. The van der Waals surface area contributed by atoms with Crippen LogP contribution in [-0.2, 0) is 11.2 Å². The van der Waals surface area contributed by atoms with Gasteiger partial charge in [-0.15, -0.1) is 0 Å². The highest BCUT2D eigenvalue weighted by Gasteiger charge is 2.37. The molecule has 104 valence electrons. The SMILES string of the molecule is N#CCc1ccc(NC(=O)NC(C(=O)O)C2CC2)cc1. The number of urea groups is 1. The summed E-state index contributed by atoms with van der Waals surface area (Å²) in [4.78, 5) is 22.7. The lowest BCUT2D eigenvalue weighted by Gasteiger charge is -2.14. The molecule has 0 aliphatic heterocycles. The third kappa shape index (κ3) is 3.72. The Balaban J connectivity index is 1.90. The van der Waals surface area contributed by atoms with Crippen molar-refractivity contribution >= 4 is 17.7 Å². The van der Waals surface area contributed by atoms with Gasteiger partial charge in [-0.05, 0) is 36.5 Å². The van der Waals surface area contributed by atoms with Gasteiger partial charge in [0.25, 0.3) is 0 Å². The van der Waals surface area contributed by atoms with Gasteiger partial charge in [0.05, 0.1) is 12.5 Å². The summed E-state index contributed by atoms with van der Waals surface area (Å²) in [5.41, 5.74) is 1.42. The topological polar surface area (TPSA) is 102 Å². The molecule has 1 atom stereocenters. The summed E-state index contributed by atoms with van der Waals surface area (Å²) in [5, 5.41) is 22.6. The van der Waals surface area contributed by atoms with Crippen LogP contribution in [0.4, 0.5) is 10.5 Å². The second-order valence-electron chi connectivity index (χ2n) is 4.78. The van der Waals surface area contributed by atoms with Crippen LogP contribution in [0.15, 0.2) is 24.3 Å². The van der Waals surface area contributed by atoms with E-state index in [9.17, 15) is 9.59 Å². The summed E-state index contributed by atoms with van der Waals surface area (Å²) in [5.74, 6) is -0.969. The Hall–Kier alpha value is -2.55. The van der Waals surface area contributed by atoms with Crippen LogP contribution in [0.1, 0.15) is 18.4 Å². The fraction of sp³-hybridized carbons (Fsp3) is 0.357. The van der Waals surface area contributed by atoms with Crippen molar-refractivity contribution < 1.29 is 14.7 Å². The van der Waals surface area contributed by atoms with Crippen molar-refractivity contribution in [2.75, 3.05) is 5.32 Å². The third-order valence-electron chi connectivity index (χ3n) is 3.14. The maximum atomic E-state index is 11.7. The van der Waals surface area contributed by atoms with E-state index in [0.717, 1.165) is 18.4 Å². The van der Waals surface area contributed by atoms with Gasteiger partial charge in [-0.3, -0.25) is 0 Å². The molecule has 6 nitrogen and oxygen atoms in total. The molecule has 1 aromatic rings. The minimum Gasteiger partial charge on any atom is -0.480 e. The van der Waals surface area contributed by atoms with Gasteiger partial charge in [0.1, 0.15) is 6.04 Å². The quantitative estimate of drug-likeness (QED) is 0.760. The zero-order valence-corrected chi connectivity index (χ0v) is 10.8. The molecule has 1 aliphatic carbocycles. The van der Waals surface area contributed by atoms with Crippen molar-refractivity contribution in [2.24, 2.45) is 5.92 Å². The monoisotopic (exact) mass is 273 g/mol.